The lowest BCUT2D eigenvalue weighted by Gasteiger charge is -2.34. The smallest absolute Gasteiger partial charge is 0.243 e. The third kappa shape index (κ3) is 4.84. The van der Waals surface area contributed by atoms with Crippen molar-refractivity contribution in [2.24, 2.45) is 0 Å². The number of aryl methyl sites for hydroxylation is 1. The quantitative estimate of drug-likeness (QED) is 0.717. The van der Waals surface area contributed by atoms with Gasteiger partial charge in [-0.2, -0.15) is 4.31 Å². The molecule has 1 amide bonds. The molecule has 0 aliphatic carbocycles. The van der Waals surface area contributed by atoms with Gasteiger partial charge in [-0.05, 0) is 36.8 Å². The Kier molecular flexibility index (Phi) is 6.59. The van der Waals surface area contributed by atoms with E-state index in [0.29, 0.717) is 24.7 Å². The molecule has 0 N–H and O–H groups in total. The average Bonchev–Trinajstić information content (AvgIpc) is 2.69. The molecule has 1 fully saturated rings. The van der Waals surface area contributed by atoms with Gasteiger partial charge in [0.15, 0.2) is 0 Å². The molecule has 1 aliphatic heterocycles. The number of ether oxygens (including phenoxy) is 1. The number of rotatable bonds is 6. The molecule has 2 aromatic rings. The zero-order chi connectivity index (χ0) is 20.1. The van der Waals surface area contributed by atoms with Gasteiger partial charge in [0.1, 0.15) is 5.75 Å². The van der Waals surface area contributed by atoms with Gasteiger partial charge in [-0.15, -0.1) is 0 Å². The van der Waals surface area contributed by atoms with Gasteiger partial charge in [-0.3, -0.25) is 4.79 Å². The van der Waals surface area contributed by atoms with Crippen LogP contribution >= 0.6 is 11.6 Å². The Hall–Kier alpha value is -2.09. The molecule has 0 unspecified atom stereocenters. The van der Waals surface area contributed by atoms with Gasteiger partial charge in [0.25, 0.3) is 0 Å². The van der Waals surface area contributed by atoms with Crippen LogP contribution in [0, 0.1) is 6.92 Å². The van der Waals surface area contributed by atoms with Crippen LogP contribution in [0.15, 0.2) is 53.4 Å². The summed E-state index contributed by atoms with van der Waals surface area (Å²) in [6, 6.07) is 13.9. The van der Waals surface area contributed by atoms with Gasteiger partial charge in [-0.25, -0.2) is 8.42 Å². The first-order valence-corrected chi connectivity index (χ1v) is 10.9. The van der Waals surface area contributed by atoms with E-state index in [1.807, 2.05) is 31.2 Å². The van der Waals surface area contributed by atoms with Crippen molar-refractivity contribution in [3.05, 3.63) is 59.1 Å². The van der Waals surface area contributed by atoms with Crippen molar-refractivity contribution in [3.8, 4) is 5.75 Å². The highest BCUT2D eigenvalue weighted by Crippen LogP contribution is 2.21. The summed E-state index contributed by atoms with van der Waals surface area (Å²) in [4.78, 5) is 14.3. The van der Waals surface area contributed by atoms with E-state index in [1.54, 1.807) is 17.0 Å². The van der Waals surface area contributed by atoms with Gasteiger partial charge in [-0.1, -0.05) is 35.9 Å². The number of piperazine rings is 1. The summed E-state index contributed by atoms with van der Waals surface area (Å²) in [6.07, 6.45) is 0.259. The van der Waals surface area contributed by atoms with Gasteiger partial charge >= 0.3 is 0 Å². The number of halogens is 1. The van der Waals surface area contributed by atoms with Crippen LogP contribution in [0.25, 0.3) is 0 Å². The van der Waals surface area contributed by atoms with Crippen LogP contribution in [0.3, 0.4) is 0 Å². The molecule has 1 heterocycles. The summed E-state index contributed by atoms with van der Waals surface area (Å²) >= 11 is 5.91. The molecular weight excluding hydrogens is 400 g/mol. The number of hydrogen-bond acceptors (Lipinski definition) is 4. The zero-order valence-corrected chi connectivity index (χ0v) is 17.2. The first kappa shape index (κ1) is 20.6. The Labute approximate surface area is 170 Å². The SMILES string of the molecule is Cc1ccccc1OCCC(=O)N1CCN(S(=O)(=O)c2cccc(Cl)c2)CC1. The summed E-state index contributed by atoms with van der Waals surface area (Å²) in [5.41, 5.74) is 1.02. The second-order valence-corrected chi connectivity index (χ2v) is 8.98. The number of amides is 1. The molecule has 0 bridgehead atoms. The van der Waals surface area contributed by atoms with E-state index in [0.717, 1.165) is 11.3 Å². The monoisotopic (exact) mass is 422 g/mol. The van der Waals surface area contributed by atoms with E-state index in [-0.39, 0.29) is 30.3 Å². The largest absolute Gasteiger partial charge is 0.493 e. The fraction of sp³-hybridized carbons (Fsp3) is 0.350. The van der Waals surface area contributed by atoms with Crippen molar-refractivity contribution in [3.63, 3.8) is 0 Å². The molecular formula is C20H23ClN2O4S. The van der Waals surface area contributed by atoms with Crippen LogP contribution in [0.5, 0.6) is 5.75 Å². The molecule has 0 radical (unpaired) electrons. The van der Waals surface area contributed by atoms with Gasteiger partial charge < -0.3 is 9.64 Å². The van der Waals surface area contributed by atoms with Gasteiger partial charge in [0.05, 0.1) is 17.9 Å². The van der Waals surface area contributed by atoms with Crippen molar-refractivity contribution in [1.29, 1.82) is 0 Å². The Morgan fingerprint density at radius 1 is 1.07 bits per heavy atom. The number of hydrogen-bond donors (Lipinski definition) is 0. The summed E-state index contributed by atoms with van der Waals surface area (Å²) in [6.45, 7) is 3.51. The highest BCUT2D eigenvalue weighted by molar-refractivity contribution is 7.89. The Balaban J connectivity index is 1.50. The van der Waals surface area contributed by atoms with E-state index in [9.17, 15) is 13.2 Å². The third-order valence-corrected chi connectivity index (χ3v) is 6.82. The minimum Gasteiger partial charge on any atom is -0.493 e. The van der Waals surface area contributed by atoms with Crippen molar-refractivity contribution < 1.29 is 17.9 Å². The summed E-state index contributed by atoms with van der Waals surface area (Å²) < 4.78 is 32.5. The Morgan fingerprint density at radius 3 is 2.46 bits per heavy atom. The van der Waals surface area contributed by atoms with Crippen LogP contribution in [-0.4, -0.2) is 56.3 Å². The van der Waals surface area contributed by atoms with Crippen LogP contribution in [0.1, 0.15) is 12.0 Å². The second-order valence-electron chi connectivity index (χ2n) is 6.61. The number of carbonyl (C=O) groups is 1. The second kappa shape index (κ2) is 8.94. The van der Waals surface area contributed by atoms with E-state index < -0.39 is 10.0 Å². The number of nitrogens with zero attached hydrogens (tertiary/aromatic N) is 2. The molecule has 28 heavy (non-hydrogen) atoms. The zero-order valence-electron chi connectivity index (χ0n) is 15.7. The standard InChI is InChI=1S/C20H23ClN2O4S/c1-16-5-2-3-8-19(16)27-14-9-20(24)22-10-12-23(13-11-22)28(25,26)18-7-4-6-17(21)15-18/h2-8,15H,9-14H2,1H3. The average molecular weight is 423 g/mol. The highest BCUT2D eigenvalue weighted by Gasteiger charge is 2.30. The molecule has 6 nitrogen and oxygen atoms in total. The summed E-state index contributed by atoms with van der Waals surface area (Å²) in [5.74, 6) is 0.737. The van der Waals surface area contributed by atoms with Crippen molar-refractivity contribution in [2.75, 3.05) is 32.8 Å². The van der Waals surface area contributed by atoms with Gasteiger partial charge in [0, 0.05) is 31.2 Å². The fourth-order valence-electron chi connectivity index (χ4n) is 3.08. The lowest BCUT2D eigenvalue weighted by atomic mass is 10.2. The minimum absolute atomic E-state index is 0.0339. The molecule has 0 aromatic heterocycles. The van der Waals surface area contributed by atoms with Crippen LogP contribution in [0.2, 0.25) is 5.02 Å². The van der Waals surface area contributed by atoms with Crippen molar-refractivity contribution in [1.82, 2.24) is 9.21 Å². The van der Waals surface area contributed by atoms with E-state index in [2.05, 4.69) is 0 Å². The molecule has 2 aromatic carbocycles. The third-order valence-electron chi connectivity index (χ3n) is 4.69. The number of sulfonamides is 1. The predicted octanol–water partition coefficient (Wildman–Crippen LogP) is 2.95. The molecule has 0 spiro atoms. The molecule has 8 heteroatoms. The molecule has 0 saturated carbocycles. The first-order valence-electron chi connectivity index (χ1n) is 9.10. The molecule has 3 rings (SSSR count). The van der Waals surface area contributed by atoms with E-state index >= 15 is 0 Å². The summed E-state index contributed by atoms with van der Waals surface area (Å²) in [7, 11) is -3.61. The molecule has 0 atom stereocenters. The van der Waals surface area contributed by atoms with E-state index in [1.165, 1.54) is 16.4 Å². The summed E-state index contributed by atoms with van der Waals surface area (Å²) in [5, 5.41) is 0.378. The molecule has 1 aliphatic rings. The highest BCUT2D eigenvalue weighted by atomic mass is 35.5. The maximum Gasteiger partial charge on any atom is 0.243 e. The lowest BCUT2D eigenvalue weighted by molar-refractivity contribution is -0.132. The van der Waals surface area contributed by atoms with Crippen molar-refractivity contribution >= 4 is 27.5 Å². The number of para-hydroxylation sites is 1. The predicted molar refractivity (Wildman–Crippen MR) is 108 cm³/mol. The first-order chi connectivity index (χ1) is 13.4. The van der Waals surface area contributed by atoms with Crippen LogP contribution < -0.4 is 4.74 Å². The fourth-order valence-corrected chi connectivity index (χ4v) is 4.80. The Bertz CT molecular complexity index is 941. The lowest BCUT2D eigenvalue weighted by Crippen LogP contribution is -2.50. The normalized spacial score (nSPS) is 15.4. The molecule has 150 valence electrons. The topological polar surface area (TPSA) is 66.9 Å². The van der Waals surface area contributed by atoms with Crippen LogP contribution in [0.4, 0.5) is 0 Å². The van der Waals surface area contributed by atoms with E-state index in [4.69, 9.17) is 16.3 Å². The van der Waals surface area contributed by atoms with Crippen LogP contribution in [-0.2, 0) is 14.8 Å². The number of carbonyl (C=O) groups excluding carboxylic acids is 1. The minimum atomic E-state index is -3.61. The maximum absolute atomic E-state index is 12.7. The number of benzene rings is 2. The van der Waals surface area contributed by atoms with Gasteiger partial charge in [0.2, 0.25) is 15.9 Å². The molecule has 1 saturated heterocycles. The van der Waals surface area contributed by atoms with Crippen molar-refractivity contribution in [2.45, 2.75) is 18.2 Å². The Morgan fingerprint density at radius 2 is 1.79 bits per heavy atom. The maximum atomic E-state index is 12.7.